The molecule has 0 aliphatic heterocycles. The molecule has 2 aromatic carbocycles. The van der Waals surface area contributed by atoms with Gasteiger partial charge in [0.05, 0.1) is 0 Å². The summed E-state index contributed by atoms with van der Waals surface area (Å²) in [6.07, 6.45) is -4.73. The Morgan fingerprint density at radius 2 is 1.57 bits per heavy atom. The first-order valence-corrected chi connectivity index (χ1v) is 6.05. The number of hydrogen-bond donors (Lipinski definition) is 1. The van der Waals surface area contributed by atoms with Gasteiger partial charge in [-0.2, -0.15) is 0 Å². The summed E-state index contributed by atoms with van der Waals surface area (Å²) in [5, 5.41) is 0. The maximum atomic E-state index is 12.4. The molecule has 114 valence electrons. The second-order valence-corrected chi connectivity index (χ2v) is 4.44. The average Bonchev–Trinajstić information content (AvgIpc) is 2.37. The number of ether oxygens (including phenoxy) is 1. The Kier molecular flexibility index (Phi) is 5.63. The molecule has 2 N–H and O–H groups in total. The van der Waals surface area contributed by atoms with Gasteiger partial charge in [-0.05, 0) is 24.1 Å². The van der Waals surface area contributed by atoms with Gasteiger partial charge in [-0.25, -0.2) is 0 Å². The zero-order valence-electron chi connectivity index (χ0n) is 11.3. The van der Waals surface area contributed by atoms with Crippen LogP contribution in [-0.4, -0.2) is 6.36 Å². The molecule has 0 atom stereocenters. The summed E-state index contributed by atoms with van der Waals surface area (Å²) in [5.74, 6) is -0.252. The number of aryl methyl sites for hydroxylation is 1. The molecule has 0 amide bonds. The molecule has 0 aliphatic carbocycles. The largest absolute Gasteiger partial charge is 0.573 e. The molecule has 2 nitrogen and oxygen atoms in total. The van der Waals surface area contributed by atoms with Crippen molar-refractivity contribution in [1.82, 2.24) is 0 Å². The fraction of sp³-hybridized carbons (Fsp3) is 0.200. The van der Waals surface area contributed by atoms with Crippen LogP contribution in [0.3, 0.4) is 0 Å². The Balaban J connectivity index is 0.00000220. The highest BCUT2D eigenvalue weighted by atomic mass is 35.5. The minimum atomic E-state index is -4.73. The molecule has 0 aromatic heterocycles. The van der Waals surface area contributed by atoms with Gasteiger partial charge in [-0.3, -0.25) is 0 Å². The van der Waals surface area contributed by atoms with Crippen LogP contribution in [0, 0.1) is 6.92 Å². The zero-order chi connectivity index (χ0) is 14.8. The van der Waals surface area contributed by atoms with Gasteiger partial charge in [0.2, 0.25) is 0 Å². The van der Waals surface area contributed by atoms with Crippen LogP contribution in [0.1, 0.15) is 11.1 Å². The summed E-state index contributed by atoms with van der Waals surface area (Å²) in [7, 11) is 0. The first-order chi connectivity index (χ1) is 9.39. The topological polar surface area (TPSA) is 35.2 Å². The van der Waals surface area contributed by atoms with Crippen LogP contribution in [0.25, 0.3) is 11.1 Å². The zero-order valence-corrected chi connectivity index (χ0v) is 12.1. The van der Waals surface area contributed by atoms with Crippen LogP contribution in [-0.2, 0) is 6.54 Å². The normalized spacial score (nSPS) is 10.9. The summed E-state index contributed by atoms with van der Waals surface area (Å²) in [5.41, 5.74) is 8.31. The molecule has 0 unspecified atom stereocenters. The van der Waals surface area contributed by atoms with Crippen LogP contribution in [0.5, 0.6) is 5.75 Å². The maximum absolute atomic E-state index is 12.4. The monoisotopic (exact) mass is 317 g/mol. The summed E-state index contributed by atoms with van der Waals surface area (Å²) in [6.45, 7) is 1.93. The second kappa shape index (κ2) is 6.83. The van der Waals surface area contributed by atoms with Crippen molar-refractivity contribution in [3.63, 3.8) is 0 Å². The van der Waals surface area contributed by atoms with Gasteiger partial charge < -0.3 is 10.5 Å². The molecule has 6 heteroatoms. The van der Waals surface area contributed by atoms with Crippen LogP contribution in [0.4, 0.5) is 13.2 Å². The molecular formula is C15H15ClF3NO. The van der Waals surface area contributed by atoms with Gasteiger partial charge in [-0.15, -0.1) is 25.6 Å². The van der Waals surface area contributed by atoms with E-state index in [0.29, 0.717) is 11.1 Å². The molecule has 0 bridgehead atoms. The third-order valence-corrected chi connectivity index (χ3v) is 2.90. The van der Waals surface area contributed by atoms with Crippen molar-refractivity contribution in [1.29, 1.82) is 0 Å². The van der Waals surface area contributed by atoms with Crippen molar-refractivity contribution in [3.8, 4) is 16.9 Å². The smallest absolute Gasteiger partial charge is 0.405 e. The van der Waals surface area contributed by atoms with Gasteiger partial charge in [0.15, 0.2) is 0 Å². The molecule has 2 aromatic rings. The summed E-state index contributed by atoms with van der Waals surface area (Å²) >= 11 is 0. The van der Waals surface area contributed by atoms with Gasteiger partial charge >= 0.3 is 6.36 Å². The Morgan fingerprint density at radius 3 is 2.10 bits per heavy atom. The van der Waals surface area contributed by atoms with E-state index in [0.717, 1.165) is 11.1 Å². The first kappa shape index (κ1) is 17.3. The molecule has 0 radical (unpaired) electrons. The van der Waals surface area contributed by atoms with E-state index in [9.17, 15) is 13.2 Å². The van der Waals surface area contributed by atoms with E-state index in [2.05, 4.69) is 4.74 Å². The lowest BCUT2D eigenvalue weighted by Crippen LogP contribution is -2.18. The molecule has 0 fully saturated rings. The molecule has 0 saturated carbocycles. The fourth-order valence-corrected chi connectivity index (χ4v) is 1.87. The van der Waals surface area contributed by atoms with E-state index in [-0.39, 0.29) is 24.7 Å². The van der Waals surface area contributed by atoms with Crippen molar-refractivity contribution < 1.29 is 17.9 Å². The van der Waals surface area contributed by atoms with E-state index in [1.807, 2.05) is 31.2 Å². The Bertz CT molecular complexity index is 597. The fourth-order valence-electron chi connectivity index (χ4n) is 1.87. The minimum absolute atomic E-state index is 0. The average molecular weight is 318 g/mol. The molecule has 21 heavy (non-hydrogen) atoms. The molecular weight excluding hydrogens is 303 g/mol. The van der Waals surface area contributed by atoms with Gasteiger partial charge in [-0.1, -0.05) is 42.0 Å². The van der Waals surface area contributed by atoms with Crippen molar-refractivity contribution in [2.45, 2.75) is 19.8 Å². The van der Waals surface area contributed by atoms with Crippen LogP contribution in [0.2, 0.25) is 0 Å². The molecule has 0 saturated heterocycles. The van der Waals surface area contributed by atoms with E-state index in [4.69, 9.17) is 5.73 Å². The number of halogens is 4. The Labute approximate surface area is 127 Å². The lowest BCUT2D eigenvalue weighted by molar-refractivity contribution is -0.274. The van der Waals surface area contributed by atoms with Gasteiger partial charge in [0.1, 0.15) is 5.75 Å². The lowest BCUT2D eigenvalue weighted by Gasteiger charge is -2.14. The highest BCUT2D eigenvalue weighted by Crippen LogP contribution is 2.31. The molecule has 0 aliphatic rings. The van der Waals surface area contributed by atoms with Crippen molar-refractivity contribution in [2.75, 3.05) is 0 Å². The third kappa shape index (κ3) is 4.65. The lowest BCUT2D eigenvalue weighted by atomic mass is 10.0. The Hall–Kier alpha value is -1.72. The standard InChI is InChI=1S/C15H14F3NO.ClH/c1-10-2-4-11(5-3-10)12-6-7-13(9-19)14(8-12)20-15(16,17)18;/h2-8H,9,19H2,1H3;1H. The maximum Gasteiger partial charge on any atom is 0.573 e. The highest BCUT2D eigenvalue weighted by Gasteiger charge is 2.32. The van der Waals surface area contributed by atoms with Crippen LogP contribution < -0.4 is 10.5 Å². The number of hydrogen-bond acceptors (Lipinski definition) is 2. The summed E-state index contributed by atoms with van der Waals surface area (Å²) in [4.78, 5) is 0. The number of nitrogens with two attached hydrogens (primary N) is 1. The first-order valence-electron chi connectivity index (χ1n) is 6.05. The number of rotatable bonds is 3. The van der Waals surface area contributed by atoms with Crippen molar-refractivity contribution in [2.24, 2.45) is 5.73 Å². The van der Waals surface area contributed by atoms with Gasteiger partial charge in [0.25, 0.3) is 0 Å². The van der Waals surface area contributed by atoms with Crippen molar-refractivity contribution >= 4 is 12.4 Å². The SMILES string of the molecule is Cc1ccc(-c2ccc(CN)c(OC(F)(F)F)c2)cc1.Cl. The van der Waals surface area contributed by atoms with Crippen LogP contribution in [0.15, 0.2) is 42.5 Å². The molecule has 0 spiro atoms. The predicted octanol–water partition coefficient (Wildman–Crippen LogP) is 4.44. The van der Waals surface area contributed by atoms with Gasteiger partial charge in [0, 0.05) is 12.1 Å². The van der Waals surface area contributed by atoms with E-state index >= 15 is 0 Å². The van der Waals surface area contributed by atoms with Crippen molar-refractivity contribution in [3.05, 3.63) is 53.6 Å². The second-order valence-electron chi connectivity index (χ2n) is 4.44. The predicted molar refractivity (Wildman–Crippen MR) is 78.4 cm³/mol. The Morgan fingerprint density at radius 1 is 1.00 bits per heavy atom. The quantitative estimate of drug-likeness (QED) is 0.908. The summed E-state index contributed by atoms with van der Waals surface area (Å²) in [6, 6.07) is 12.1. The number of alkyl halides is 3. The van der Waals surface area contributed by atoms with E-state index in [1.54, 1.807) is 12.1 Å². The molecule has 2 rings (SSSR count). The van der Waals surface area contributed by atoms with E-state index < -0.39 is 6.36 Å². The van der Waals surface area contributed by atoms with Crippen LogP contribution >= 0.6 is 12.4 Å². The summed E-state index contributed by atoms with van der Waals surface area (Å²) < 4.78 is 41.2. The van der Waals surface area contributed by atoms with E-state index in [1.165, 1.54) is 6.07 Å². The number of benzene rings is 2. The third-order valence-electron chi connectivity index (χ3n) is 2.90. The molecule has 0 heterocycles. The minimum Gasteiger partial charge on any atom is -0.405 e. The highest BCUT2D eigenvalue weighted by molar-refractivity contribution is 5.85.